The lowest BCUT2D eigenvalue weighted by molar-refractivity contribution is -0.250. The summed E-state index contributed by atoms with van der Waals surface area (Å²) in [6.45, 7) is 36.0. The average molecular weight is 1020 g/mol. The second kappa shape index (κ2) is 47.0. The first kappa shape index (κ1) is 69.5. The molecule has 0 fully saturated rings. The first-order chi connectivity index (χ1) is 33.0. The van der Waals surface area contributed by atoms with Crippen molar-refractivity contribution >= 4 is 23.2 Å². The van der Waals surface area contributed by atoms with Crippen LogP contribution in [0.3, 0.4) is 0 Å². The molecule has 5 heteroatoms. The molecule has 0 heterocycles. The highest BCUT2D eigenvalue weighted by atomic mass is 35.5. The molecule has 0 rings (SSSR count). The third-order valence-electron chi connectivity index (χ3n) is 15.9. The molecule has 14 atom stereocenters. The summed E-state index contributed by atoms with van der Waals surface area (Å²) in [5.74, 6) is 11.0. The summed E-state index contributed by atoms with van der Waals surface area (Å²) >= 11 is 11.9. The van der Waals surface area contributed by atoms with Crippen LogP contribution in [0.25, 0.3) is 0 Å². The fraction of sp³-hybridized carbons (Fsp3) is 1.00. The Morgan fingerprint density at radius 1 is 0.261 bits per heavy atom. The minimum Gasteiger partial charge on any atom is -0.353 e. The molecular formula is C64H128Cl2O3. The van der Waals surface area contributed by atoms with Gasteiger partial charge in [0.25, 0.3) is 0 Å². The number of rotatable bonds is 52. The summed E-state index contributed by atoms with van der Waals surface area (Å²) in [6, 6.07) is 0. The topological polar surface area (TPSA) is 27.7 Å². The Balaban J connectivity index is 5.31. The maximum Gasteiger partial charge on any atom is 0.160 e. The SMILES string of the molecule is CCCCCCCCOC(CCCC(C)CC(C)CC(C)CC(C)CC(C)CC(C)CCCCl)OC(CCCC(C)CC(C)CC(C)CC(C)CC(C)CC(C)CCCCl)OCCCCCCCC. The van der Waals surface area contributed by atoms with Crippen LogP contribution in [0.1, 0.15) is 302 Å². The summed E-state index contributed by atoms with van der Waals surface area (Å²) in [5.41, 5.74) is 0. The maximum absolute atomic E-state index is 6.92. The van der Waals surface area contributed by atoms with E-state index in [4.69, 9.17) is 37.4 Å². The lowest BCUT2D eigenvalue weighted by atomic mass is 9.81. The summed E-state index contributed by atoms with van der Waals surface area (Å²) in [7, 11) is 0. The molecule has 0 saturated heterocycles. The number of ether oxygens (including phenoxy) is 3. The van der Waals surface area contributed by atoms with Crippen LogP contribution in [-0.2, 0) is 14.2 Å². The molecule has 0 bridgehead atoms. The van der Waals surface area contributed by atoms with E-state index < -0.39 is 0 Å². The van der Waals surface area contributed by atoms with Crippen molar-refractivity contribution in [1.29, 1.82) is 0 Å². The van der Waals surface area contributed by atoms with Crippen LogP contribution in [-0.4, -0.2) is 37.6 Å². The minimum absolute atomic E-state index is 0.171. The second-order valence-electron chi connectivity index (χ2n) is 25.4. The molecule has 0 aliphatic heterocycles. The minimum atomic E-state index is -0.171. The van der Waals surface area contributed by atoms with Gasteiger partial charge in [-0.1, -0.05) is 174 Å². The molecular weight excluding hydrogens is 888 g/mol. The molecule has 0 amide bonds. The van der Waals surface area contributed by atoms with Gasteiger partial charge in [-0.05, 0) is 199 Å². The van der Waals surface area contributed by atoms with Crippen LogP contribution in [0, 0.1) is 71.0 Å². The fourth-order valence-corrected chi connectivity index (χ4v) is 13.3. The Morgan fingerprint density at radius 3 is 0.754 bits per heavy atom. The third kappa shape index (κ3) is 44.5. The summed E-state index contributed by atoms with van der Waals surface area (Å²) in [6.07, 6.45) is 40.2. The van der Waals surface area contributed by atoms with Gasteiger partial charge in [0.2, 0.25) is 0 Å². The van der Waals surface area contributed by atoms with E-state index in [9.17, 15) is 0 Å². The van der Waals surface area contributed by atoms with E-state index in [1.54, 1.807) is 0 Å². The number of alkyl halides is 2. The van der Waals surface area contributed by atoms with Gasteiger partial charge >= 0.3 is 0 Å². The Morgan fingerprint density at radius 2 is 0.493 bits per heavy atom. The Kier molecular flexibility index (Phi) is 47.3. The first-order valence-electron chi connectivity index (χ1n) is 31.0. The summed E-state index contributed by atoms with van der Waals surface area (Å²) in [4.78, 5) is 0. The normalized spacial score (nSPS) is 18.4. The van der Waals surface area contributed by atoms with Crippen LogP contribution in [0.15, 0.2) is 0 Å². The first-order valence-corrected chi connectivity index (χ1v) is 32.1. The van der Waals surface area contributed by atoms with Crippen LogP contribution < -0.4 is 0 Å². The molecule has 0 aliphatic carbocycles. The Labute approximate surface area is 446 Å². The van der Waals surface area contributed by atoms with E-state index in [-0.39, 0.29) is 12.6 Å². The smallest absolute Gasteiger partial charge is 0.160 e. The lowest BCUT2D eigenvalue weighted by Gasteiger charge is -2.27. The van der Waals surface area contributed by atoms with E-state index in [0.29, 0.717) is 0 Å². The molecule has 14 unspecified atom stereocenters. The largest absolute Gasteiger partial charge is 0.353 e. The van der Waals surface area contributed by atoms with E-state index in [1.165, 1.54) is 154 Å². The van der Waals surface area contributed by atoms with Gasteiger partial charge in [0.05, 0.1) is 0 Å². The van der Waals surface area contributed by atoms with Crippen molar-refractivity contribution < 1.29 is 14.2 Å². The van der Waals surface area contributed by atoms with E-state index in [1.807, 2.05) is 0 Å². The van der Waals surface area contributed by atoms with Crippen molar-refractivity contribution in [2.45, 2.75) is 315 Å². The van der Waals surface area contributed by atoms with Crippen LogP contribution in [0.2, 0.25) is 0 Å². The molecule has 0 N–H and O–H groups in total. The van der Waals surface area contributed by atoms with E-state index in [0.717, 1.165) is 147 Å². The van der Waals surface area contributed by atoms with Gasteiger partial charge in [0.1, 0.15) is 0 Å². The molecule has 69 heavy (non-hydrogen) atoms. The zero-order chi connectivity index (χ0) is 51.7. The highest BCUT2D eigenvalue weighted by Gasteiger charge is 2.23. The molecule has 416 valence electrons. The van der Waals surface area contributed by atoms with Crippen LogP contribution in [0.5, 0.6) is 0 Å². The third-order valence-corrected chi connectivity index (χ3v) is 16.4. The molecule has 0 aromatic carbocycles. The van der Waals surface area contributed by atoms with E-state index >= 15 is 0 Å². The van der Waals surface area contributed by atoms with Crippen molar-refractivity contribution in [3.63, 3.8) is 0 Å². The zero-order valence-electron chi connectivity index (χ0n) is 49.5. The quantitative estimate of drug-likeness (QED) is 0.0345. The monoisotopic (exact) mass is 1010 g/mol. The van der Waals surface area contributed by atoms with Gasteiger partial charge in [-0.25, -0.2) is 0 Å². The molecule has 0 spiro atoms. The van der Waals surface area contributed by atoms with Gasteiger partial charge in [-0.3, -0.25) is 0 Å². The van der Waals surface area contributed by atoms with Crippen LogP contribution >= 0.6 is 23.2 Å². The summed E-state index contributed by atoms with van der Waals surface area (Å²) < 4.78 is 20.2. The fourth-order valence-electron chi connectivity index (χ4n) is 13.0. The van der Waals surface area contributed by atoms with Crippen molar-refractivity contribution in [2.75, 3.05) is 25.0 Å². The summed E-state index contributed by atoms with van der Waals surface area (Å²) in [5, 5.41) is 0. The van der Waals surface area contributed by atoms with Crippen LogP contribution in [0.4, 0.5) is 0 Å². The Hall–Kier alpha value is 0.460. The van der Waals surface area contributed by atoms with Crippen molar-refractivity contribution in [3.05, 3.63) is 0 Å². The number of hydrogen-bond donors (Lipinski definition) is 0. The predicted octanol–water partition coefficient (Wildman–Crippen LogP) is 22.3. The number of halogens is 2. The average Bonchev–Trinajstić information content (AvgIpc) is 3.25. The Bertz CT molecular complexity index is 978. The van der Waals surface area contributed by atoms with Crippen molar-refractivity contribution in [1.82, 2.24) is 0 Å². The second-order valence-corrected chi connectivity index (χ2v) is 26.2. The van der Waals surface area contributed by atoms with Crippen molar-refractivity contribution in [3.8, 4) is 0 Å². The molecule has 0 aromatic rings. The predicted molar refractivity (Wildman–Crippen MR) is 311 cm³/mol. The standard InChI is InChI=1S/C64H128Cl2O3/c1-15-17-19-21-23-25-39-67-63(35-27-31-51(3)41-55(7)45-59(11)49-61(13)47-57(9)43-53(5)33-29-37-65)69-64(68-40-26-24-22-20-18-16-2)36-28-32-52(4)42-56(8)46-60(12)50-62(14)48-58(10)44-54(6)34-30-38-66/h51-64H,15-50H2,1-14H3. The van der Waals surface area contributed by atoms with Gasteiger partial charge < -0.3 is 14.2 Å². The number of hydrogen-bond acceptors (Lipinski definition) is 3. The lowest BCUT2D eigenvalue weighted by Crippen LogP contribution is -2.28. The molecule has 0 radical (unpaired) electrons. The molecule has 0 saturated carbocycles. The molecule has 0 aliphatic rings. The number of unbranched alkanes of at least 4 members (excludes halogenated alkanes) is 10. The zero-order valence-corrected chi connectivity index (χ0v) is 51.0. The van der Waals surface area contributed by atoms with Crippen molar-refractivity contribution in [2.24, 2.45) is 71.0 Å². The molecule has 3 nitrogen and oxygen atoms in total. The van der Waals surface area contributed by atoms with E-state index in [2.05, 4.69) is 96.9 Å². The maximum atomic E-state index is 6.92. The van der Waals surface area contributed by atoms with Gasteiger partial charge in [0, 0.05) is 25.0 Å². The molecule has 0 aromatic heterocycles. The highest BCUT2D eigenvalue weighted by molar-refractivity contribution is 6.18. The van der Waals surface area contributed by atoms with Gasteiger partial charge in [-0.15, -0.1) is 23.2 Å². The van der Waals surface area contributed by atoms with Gasteiger partial charge in [-0.2, -0.15) is 0 Å². The highest BCUT2D eigenvalue weighted by Crippen LogP contribution is 2.32. The van der Waals surface area contributed by atoms with Gasteiger partial charge in [0.15, 0.2) is 12.6 Å².